The van der Waals surface area contributed by atoms with Crippen molar-refractivity contribution in [1.29, 1.82) is 0 Å². The lowest BCUT2D eigenvalue weighted by Gasteiger charge is -2.04. The summed E-state index contributed by atoms with van der Waals surface area (Å²) in [6, 6.07) is 15.3. The molecule has 0 unspecified atom stereocenters. The number of esters is 1. The Morgan fingerprint density at radius 1 is 1.00 bits per heavy atom. The maximum Gasteiger partial charge on any atom is 0.343 e. The van der Waals surface area contributed by atoms with Gasteiger partial charge in [0.2, 0.25) is 0 Å². The summed E-state index contributed by atoms with van der Waals surface area (Å²) in [7, 11) is 0. The number of benzene rings is 2. The van der Waals surface area contributed by atoms with Gasteiger partial charge in [0.1, 0.15) is 5.75 Å². The number of ether oxygens (including phenoxy) is 1. The van der Waals surface area contributed by atoms with Gasteiger partial charge in [-0.05, 0) is 42.8 Å². The van der Waals surface area contributed by atoms with Crippen LogP contribution in [-0.4, -0.2) is 17.0 Å². The summed E-state index contributed by atoms with van der Waals surface area (Å²) in [5.74, 6) is -0.982. The maximum absolute atomic E-state index is 11.9. The van der Waals surface area contributed by atoms with Crippen LogP contribution in [0, 0.1) is 0 Å². The molecule has 2 aromatic carbocycles. The highest BCUT2D eigenvalue weighted by Crippen LogP contribution is 2.16. The Kier molecular flexibility index (Phi) is 4.51. The Bertz CT molecular complexity index is 670. The molecule has 0 saturated heterocycles. The van der Waals surface area contributed by atoms with Crippen LogP contribution < -0.4 is 4.74 Å². The predicted octanol–water partition coefficient (Wildman–Crippen LogP) is 3.39. The van der Waals surface area contributed by atoms with E-state index in [9.17, 15) is 9.59 Å². The summed E-state index contributed by atoms with van der Waals surface area (Å²) < 4.78 is 5.23. The van der Waals surface area contributed by atoms with Crippen molar-refractivity contribution < 1.29 is 19.4 Å². The van der Waals surface area contributed by atoms with Gasteiger partial charge < -0.3 is 9.84 Å². The van der Waals surface area contributed by atoms with Gasteiger partial charge in [0.15, 0.2) is 0 Å². The zero-order valence-corrected chi connectivity index (χ0v) is 11.4. The standard InChI is InChI=1S/C17H14O4/c1-12(16(18)19)11-13-7-9-15(10-8-13)21-17(20)14-5-3-2-4-6-14/h2-11H,1H3,(H,18,19). The van der Waals surface area contributed by atoms with Crippen LogP contribution in [0.4, 0.5) is 0 Å². The van der Waals surface area contributed by atoms with Crippen molar-refractivity contribution in [2.24, 2.45) is 0 Å². The Morgan fingerprint density at radius 3 is 2.19 bits per heavy atom. The highest BCUT2D eigenvalue weighted by molar-refractivity contribution is 5.92. The average Bonchev–Trinajstić information content (AvgIpc) is 2.50. The van der Waals surface area contributed by atoms with Gasteiger partial charge in [0, 0.05) is 5.57 Å². The van der Waals surface area contributed by atoms with Crippen LogP contribution in [-0.2, 0) is 4.79 Å². The number of rotatable bonds is 4. The Morgan fingerprint density at radius 2 is 1.62 bits per heavy atom. The van der Waals surface area contributed by atoms with E-state index in [1.165, 1.54) is 6.92 Å². The minimum Gasteiger partial charge on any atom is -0.478 e. The Labute approximate surface area is 122 Å². The van der Waals surface area contributed by atoms with E-state index in [4.69, 9.17) is 9.84 Å². The van der Waals surface area contributed by atoms with Gasteiger partial charge in [-0.25, -0.2) is 9.59 Å². The molecule has 4 nitrogen and oxygen atoms in total. The van der Waals surface area contributed by atoms with E-state index in [-0.39, 0.29) is 5.57 Å². The number of carboxylic acids is 1. The summed E-state index contributed by atoms with van der Waals surface area (Å²) in [5, 5.41) is 8.81. The van der Waals surface area contributed by atoms with Gasteiger partial charge >= 0.3 is 11.9 Å². The van der Waals surface area contributed by atoms with Gasteiger partial charge in [-0.2, -0.15) is 0 Å². The first-order chi connectivity index (χ1) is 10.1. The number of aliphatic carboxylic acids is 1. The molecule has 21 heavy (non-hydrogen) atoms. The number of carbonyl (C=O) groups is 2. The van der Waals surface area contributed by atoms with E-state index < -0.39 is 11.9 Å². The van der Waals surface area contributed by atoms with Gasteiger partial charge in [0.25, 0.3) is 0 Å². The molecule has 0 aliphatic heterocycles. The lowest BCUT2D eigenvalue weighted by molar-refractivity contribution is -0.132. The SMILES string of the molecule is CC(=Cc1ccc(OC(=O)c2ccccc2)cc1)C(=O)O. The molecular weight excluding hydrogens is 268 g/mol. The molecule has 2 rings (SSSR count). The Hall–Kier alpha value is -2.88. The van der Waals surface area contributed by atoms with Crippen molar-refractivity contribution in [3.8, 4) is 5.75 Å². The Balaban J connectivity index is 2.08. The molecule has 0 atom stereocenters. The molecule has 0 aromatic heterocycles. The predicted molar refractivity (Wildman–Crippen MR) is 79.1 cm³/mol. The van der Waals surface area contributed by atoms with E-state index in [0.29, 0.717) is 11.3 Å². The molecule has 0 heterocycles. The van der Waals surface area contributed by atoms with E-state index in [1.54, 1.807) is 54.6 Å². The molecule has 0 aliphatic carbocycles. The van der Waals surface area contributed by atoms with Crippen molar-refractivity contribution >= 4 is 18.0 Å². The van der Waals surface area contributed by atoms with Crippen molar-refractivity contribution in [2.45, 2.75) is 6.92 Å². The van der Waals surface area contributed by atoms with Gasteiger partial charge in [-0.15, -0.1) is 0 Å². The third kappa shape index (κ3) is 4.04. The number of carbonyl (C=O) groups excluding carboxylic acids is 1. The molecule has 0 aliphatic rings. The van der Waals surface area contributed by atoms with Gasteiger partial charge in [0.05, 0.1) is 5.56 Å². The molecule has 0 saturated carbocycles. The van der Waals surface area contributed by atoms with Crippen molar-refractivity contribution in [2.75, 3.05) is 0 Å². The first-order valence-electron chi connectivity index (χ1n) is 6.35. The second-order valence-electron chi connectivity index (χ2n) is 4.46. The first-order valence-corrected chi connectivity index (χ1v) is 6.35. The highest BCUT2D eigenvalue weighted by atomic mass is 16.5. The molecule has 0 fully saturated rings. The molecule has 0 amide bonds. The smallest absolute Gasteiger partial charge is 0.343 e. The third-order valence-electron chi connectivity index (χ3n) is 2.82. The van der Waals surface area contributed by atoms with Crippen molar-refractivity contribution in [1.82, 2.24) is 0 Å². The van der Waals surface area contributed by atoms with Gasteiger partial charge in [-0.3, -0.25) is 0 Å². The third-order valence-corrected chi connectivity index (χ3v) is 2.82. The van der Waals surface area contributed by atoms with Crippen LogP contribution in [0.3, 0.4) is 0 Å². The quantitative estimate of drug-likeness (QED) is 0.530. The van der Waals surface area contributed by atoms with Crippen LogP contribution in [0.25, 0.3) is 6.08 Å². The van der Waals surface area contributed by atoms with Crippen LogP contribution in [0.15, 0.2) is 60.2 Å². The highest BCUT2D eigenvalue weighted by Gasteiger charge is 2.07. The fourth-order valence-electron chi connectivity index (χ4n) is 1.68. The summed E-state index contributed by atoms with van der Waals surface area (Å²) in [6.07, 6.45) is 1.55. The van der Waals surface area contributed by atoms with E-state index in [1.807, 2.05) is 6.07 Å². The molecule has 2 aromatic rings. The lowest BCUT2D eigenvalue weighted by Crippen LogP contribution is -2.07. The van der Waals surface area contributed by atoms with Crippen molar-refractivity contribution in [3.05, 3.63) is 71.3 Å². The van der Waals surface area contributed by atoms with Crippen LogP contribution >= 0.6 is 0 Å². The van der Waals surface area contributed by atoms with E-state index in [2.05, 4.69) is 0 Å². The number of carboxylic acid groups (broad SMARTS) is 1. The first kappa shape index (κ1) is 14.5. The topological polar surface area (TPSA) is 63.6 Å². The van der Waals surface area contributed by atoms with Crippen LogP contribution in [0.2, 0.25) is 0 Å². The lowest BCUT2D eigenvalue weighted by atomic mass is 10.1. The van der Waals surface area contributed by atoms with E-state index in [0.717, 1.165) is 5.56 Å². The second-order valence-corrected chi connectivity index (χ2v) is 4.46. The molecular formula is C17H14O4. The molecule has 0 spiro atoms. The van der Waals surface area contributed by atoms with Crippen molar-refractivity contribution in [3.63, 3.8) is 0 Å². The zero-order valence-electron chi connectivity index (χ0n) is 11.4. The zero-order chi connectivity index (χ0) is 15.2. The number of hydrogen-bond acceptors (Lipinski definition) is 3. The molecule has 4 heteroatoms. The fourth-order valence-corrected chi connectivity index (χ4v) is 1.68. The molecule has 0 bridgehead atoms. The van der Waals surface area contributed by atoms with Crippen LogP contribution in [0.1, 0.15) is 22.8 Å². The van der Waals surface area contributed by atoms with Gasteiger partial charge in [-0.1, -0.05) is 30.3 Å². The number of hydrogen-bond donors (Lipinski definition) is 1. The largest absolute Gasteiger partial charge is 0.478 e. The second kappa shape index (κ2) is 6.52. The molecule has 0 radical (unpaired) electrons. The molecule has 1 N–H and O–H groups in total. The fraction of sp³-hybridized carbons (Fsp3) is 0.0588. The monoisotopic (exact) mass is 282 g/mol. The summed E-state index contributed by atoms with van der Waals surface area (Å²) >= 11 is 0. The normalized spacial score (nSPS) is 11.0. The average molecular weight is 282 g/mol. The minimum atomic E-state index is -0.963. The summed E-state index contributed by atoms with van der Waals surface area (Å²) in [5.41, 5.74) is 1.45. The maximum atomic E-state index is 11.9. The molecule has 106 valence electrons. The minimum absolute atomic E-state index is 0.240. The summed E-state index contributed by atoms with van der Waals surface area (Å²) in [4.78, 5) is 22.6. The van der Waals surface area contributed by atoms with Crippen LogP contribution in [0.5, 0.6) is 5.75 Å². The van der Waals surface area contributed by atoms with E-state index >= 15 is 0 Å². The summed E-state index contributed by atoms with van der Waals surface area (Å²) in [6.45, 7) is 1.52.